The fraction of sp³-hybridized carbons (Fsp3) is 0.692. The van der Waals surface area contributed by atoms with E-state index in [2.05, 4.69) is 13.5 Å². The molecule has 0 aliphatic heterocycles. The third kappa shape index (κ3) is 9.84. The fourth-order valence-corrected chi connectivity index (χ4v) is 1.07. The zero-order valence-corrected chi connectivity index (χ0v) is 11.2. The molecular formula is C13H23NO4. The van der Waals surface area contributed by atoms with Crippen LogP contribution in [0.25, 0.3) is 0 Å². The molecule has 0 aliphatic rings. The predicted octanol–water partition coefficient (Wildman–Crippen LogP) is 2.30. The van der Waals surface area contributed by atoms with Gasteiger partial charge in [-0.1, -0.05) is 13.5 Å². The molecule has 0 saturated heterocycles. The zero-order valence-electron chi connectivity index (χ0n) is 11.2. The van der Waals surface area contributed by atoms with Crippen LogP contribution in [-0.2, 0) is 19.0 Å². The molecule has 18 heavy (non-hydrogen) atoms. The van der Waals surface area contributed by atoms with Crippen LogP contribution in [0.3, 0.4) is 0 Å². The summed E-state index contributed by atoms with van der Waals surface area (Å²) in [6.07, 6.45) is 3.33. The van der Waals surface area contributed by atoms with E-state index in [0.717, 1.165) is 12.5 Å². The summed E-state index contributed by atoms with van der Waals surface area (Å²) in [5.74, 6) is -0.248. The van der Waals surface area contributed by atoms with Gasteiger partial charge < -0.3 is 14.2 Å². The van der Waals surface area contributed by atoms with Crippen molar-refractivity contribution in [1.82, 2.24) is 0 Å². The number of ether oxygens (including phenoxy) is 3. The van der Waals surface area contributed by atoms with Crippen LogP contribution in [0.1, 0.15) is 33.1 Å². The number of carbonyl (C=O) groups excluding carboxylic acids is 1. The van der Waals surface area contributed by atoms with Crippen LogP contribution in [0.4, 0.5) is 0 Å². The highest BCUT2D eigenvalue weighted by molar-refractivity contribution is 5.81. The normalized spacial score (nSPS) is 11.7. The topological polar surface area (TPSA) is 68.6 Å². The van der Waals surface area contributed by atoms with Gasteiger partial charge in [-0.25, -0.2) is 4.79 Å². The number of nitrogens with one attached hydrogen (secondary N) is 1. The van der Waals surface area contributed by atoms with Gasteiger partial charge in [0, 0.05) is 12.5 Å². The molecule has 1 unspecified atom stereocenters. The van der Waals surface area contributed by atoms with Crippen molar-refractivity contribution < 1.29 is 19.0 Å². The molecule has 0 aromatic rings. The van der Waals surface area contributed by atoms with Gasteiger partial charge in [-0.15, -0.1) is 0 Å². The molecule has 1 N–H and O–H groups in total. The van der Waals surface area contributed by atoms with Crippen LogP contribution in [0.2, 0.25) is 0 Å². The average molecular weight is 257 g/mol. The van der Waals surface area contributed by atoms with Crippen LogP contribution >= 0.6 is 0 Å². The van der Waals surface area contributed by atoms with Gasteiger partial charge in [-0.3, -0.25) is 5.41 Å². The number of esters is 1. The molecular weight excluding hydrogens is 234 g/mol. The molecule has 104 valence electrons. The molecule has 0 radical (unpaired) electrons. The Hall–Kier alpha value is -1.36. The zero-order chi connectivity index (χ0) is 13.8. The Balaban J connectivity index is 3.38. The van der Waals surface area contributed by atoms with Crippen molar-refractivity contribution in [3.8, 4) is 0 Å². The van der Waals surface area contributed by atoms with Crippen molar-refractivity contribution in [2.24, 2.45) is 0 Å². The molecule has 5 nitrogen and oxygen atoms in total. The second kappa shape index (κ2) is 10.8. The maximum atomic E-state index is 10.7. The lowest BCUT2D eigenvalue weighted by atomic mass is 10.3. The van der Waals surface area contributed by atoms with E-state index in [1.807, 2.05) is 6.92 Å². The molecule has 0 fully saturated rings. The van der Waals surface area contributed by atoms with E-state index in [-0.39, 0.29) is 18.6 Å². The molecule has 1 atom stereocenters. The standard InChI is InChI=1S/C13H23NO4/c1-4-11(3)16-9-10-17-12(14)7-6-8-18-13(15)5-2/h5,11,14H,2,4,6-10H2,1,3H3. The molecule has 0 heterocycles. The average Bonchev–Trinajstić information content (AvgIpc) is 2.38. The Morgan fingerprint density at radius 2 is 2.06 bits per heavy atom. The van der Waals surface area contributed by atoms with Crippen molar-refractivity contribution >= 4 is 11.9 Å². The molecule has 0 aromatic carbocycles. The maximum Gasteiger partial charge on any atom is 0.330 e. The summed E-state index contributed by atoms with van der Waals surface area (Å²) in [4.78, 5) is 10.7. The van der Waals surface area contributed by atoms with E-state index in [4.69, 9.17) is 19.6 Å². The van der Waals surface area contributed by atoms with Crippen LogP contribution < -0.4 is 0 Å². The molecule has 0 saturated carbocycles. The van der Waals surface area contributed by atoms with Crippen molar-refractivity contribution in [2.75, 3.05) is 19.8 Å². The van der Waals surface area contributed by atoms with Crippen molar-refractivity contribution in [1.29, 1.82) is 5.41 Å². The number of rotatable bonds is 10. The van der Waals surface area contributed by atoms with Gasteiger partial charge in [-0.05, 0) is 19.8 Å². The minimum absolute atomic E-state index is 0.192. The lowest BCUT2D eigenvalue weighted by Gasteiger charge is -2.11. The highest BCUT2D eigenvalue weighted by Gasteiger charge is 2.02. The lowest BCUT2D eigenvalue weighted by Crippen LogP contribution is -2.14. The van der Waals surface area contributed by atoms with E-state index in [1.54, 1.807) is 0 Å². The first-order chi connectivity index (χ1) is 8.60. The van der Waals surface area contributed by atoms with Gasteiger partial charge in [0.25, 0.3) is 0 Å². The van der Waals surface area contributed by atoms with Crippen LogP contribution in [-0.4, -0.2) is 37.8 Å². The Labute approximate surface area is 109 Å². The van der Waals surface area contributed by atoms with Crippen molar-refractivity contribution in [2.45, 2.75) is 39.2 Å². The summed E-state index contributed by atoms with van der Waals surface area (Å²) in [6.45, 7) is 8.49. The van der Waals surface area contributed by atoms with E-state index in [9.17, 15) is 4.79 Å². The van der Waals surface area contributed by atoms with E-state index < -0.39 is 5.97 Å². The molecule has 0 aliphatic carbocycles. The quantitative estimate of drug-likeness (QED) is 0.214. The SMILES string of the molecule is C=CC(=O)OCCCC(=N)OCCOC(C)CC. The first-order valence-electron chi connectivity index (χ1n) is 6.21. The second-order valence-electron chi connectivity index (χ2n) is 3.84. The highest BCUT2D eigenvalue weighted by atomic mass is 16.5. The van der Waals surface area contributed by atoms with Crippen LogP contribution in [0.15, 0.2) is 12.7 Å². The Bertz CT molecular complexity index is 266. The lowest BCUT2D eigenvalue weighted by molar-refractivity contribution is -0.137. The van der Waals surface area contributed by atoms with E-state index in [0.29, 0.717) is 26.1 Å². The summed E-state index contributed by atoms with van der Waals surface area (Å²) in [7, 11) is 0. The minimum atomic E-state index is -0.440. The van der Waals surface area contributed by atoms with Crippen LogP contribution in [0, 0.1) is 5.41 Å². The molecule has 0 rings (SSSR count). The second-order valence-corrected chi connectivity index (χ2v) is 3.84. The van der Waals surface area contributed by atoms with Gasteiger partial charge in [0.2, 0.25) is 0 Å². The smallest absolute Gasteiger partial charge is 0.330 e. The Morgan fingerprint density at radius 3 is 2.67 bits per heavy atom. The minimum Gasteiger partial charge on any atom is -0.479 e. The molecule has 0 aromatic heterocycles. The first kappa shape index (κ1) is 16.6. The summed E-state index contributed by atoms with van der Waals surface area (Å²) < 4.78 is 15.4. The number of hydrogen-bond donors (Lipinski definition) is 1. The molecule has 0 bridgehead atoms. The first-order valence-corrected chi connectivity index (χ1v) is 6.21. The monoisotopic (exact) mass is 257 g/mol. The summed E-state index contributed by atoms with van der Waals surface area (Å²) in [5.41, 5.74) is 0. The van der Waals surface area contributed by atoms with E-state index >= 15 is 0 Å². The molecule has 5 heteroatoms. The predicted molar refractivity (Wildman–Crippen MR) is 69.8 cm³/mol. The van der Waals surface area contributed by atoms with E-state index in [1.165, 1.54) is 0 Å². The van der Waals surface area contributed by atoms with Crippen LogP contribution in [0.5, 0.6) is 0 Å². The van der Waals surface area contributed by atoms with Gasteiger partial charge in [0.05, 0.1) is 19.3 Å². The van der Waals surface area contributed by atoms with Gasteiger partial charge >= 0.3 is 5.97 Å². The van der Waals surface area contributed by atoms with Crippen molar-refractivity contribution in [3.63, 3.8) is 0 Å². The van der Waals surface area contributed by atoms with Crippen molar-refractivity contribution in [3.05, 3.63) is 12.7 Å². The number of hydrogen-bond acceptors (Lipinski definition) is 5. The summed E-state index contributed by atoms with van der Waals surface area (Å²) in [6, 6.07) is 0. The Kier molecular flexibility index (Phi) is 9.96. The van der Waals surface area contributed by atoms with Gasteiger partial charge in [-0.2, -0.15) is 0 Å². The van der Waals surface area contributed by atoms with Gasteiger partial charge in [0.15, 0.2) is 5.90 Å². The third-order valence-electron chi connectivity index (χ3n) is 2.30. The molecule has 0 spiro atoms. The largest absolute Gasteiger partial charge is 0.479 e. The third-order valence-corrected chi connectivity index (χ3v) is 2.30. The van der Waals surface area contributed by atoms with Gasteiger partial charge in [0.1, 0.15) is 6.61 Å². The highest BCUT2D eigenvalue weighted by Crippen LogP contribution is 1.97. The molecule has 0 amide bonds. The summed E-state index contributed by atoms with van der Waals surface area (Å²) >= 11 is 0. The maximum absolute atomic E-state index is 10.7. The summed E-state index contributed by atoms with van der Waals surface area (Å²) in [5, 5.41) is 7.51. The fourth-order valence-electron chi connectivity index (χ4n) is 1.07. The Morgan fingerprint density at radius 1 is 1.33 bits per heavy atom. The number of carbonyl (C=O) groups is 1.